The standard InChI is InChI=1S/C25H23FN4O4S/c1-25(11-12-35(32,33)15-25)28-24(31)16-3-9-20-21(13-16)30(19-7-5-18(26)6-8-19)29-23(20)17-4-10-22(34-2)27-14-17/h3-10,13-14H,11-12,15H2,1-2H3,(H,28,31)/t25-/m1/s1. The second-order valence-electron chi connectivity index (χ2n) is 8.91. The molecule has 4 aromatic rings. The smallest absolute Gasteiger partial charge is 0.251 e. The van der Waals surface area contributed by atoms with E-state index in [2.05, 4.69) is 10.3 Å². The molecular weight excluding hydrogens is 471 g/mol. The van der Waals surface area contributed by atoms with Crippen molar-refractivity contribution >= 4 is 26.6 Å². The van der Waals surface area contributed by atoms with Gasteiger partial charge in [-0.1, -0.05) is 0 Å². The molecule has 3 heterocycles. The molecule has 180 valence electrons. The van der Waals surface area contributed by atoms with Crippen molar-refractivity contribution in [2.75, 3.05) is 18.6 Å². The maximum absolute atomic E-state index is 13.6. The number of halogens is 1. The maximum Gasteiger partial charge on any atom is 0.251 e. The number of amides is 1. The van der Waals surface area contributed by atoms with Crippen LogP contribution in [0.5, 0.6) is 5.88 Å². The number of pyridine rings is 1. The highest BCUT2D eigenvalue weighted by molar-refractivity contribution is 7.91. The monoisotopic (exact) mass is 494 g/mol. The number of ether oxygens (including phenoxy) is 1. The Morgan fingerprint density at radius 1 is 1.14 bits per heavy atom. The number of carbonyl (C=O) groups excluding carboxylic acids is 1. The third-order valence-electron chi connectivity index (χ3n) is 6.15. The lowest BCUT2D eigenvalue weighted by Crippen LogP contribution is -2.46. The lowest BCUT2D eigenvalue weighted by Gasteiger charge is -2.23. The fraction of sp³-hybridized carbons (Fsp3) is 0.240. The van der Waals surface area contributed by atoms with Crippen molar-refractivity contribution in [3.8, 4) is 22.8 Å². The SMILES string of the molecule is COc1ccc(-c2nn(-c3ccc(F)cc3)c3cc(C(=O)N[C@]4(C)CCS(=O)(=O)C4)ccc23)cn1. The van der Waals surface area contributed by atoms with Crippen LogP contribution in [0.1, 0.15) is 23.7 Å². The summed E-state index contributed by atoms with van der Waals surface area (Å²) in [5.74, 6) is -0.303. The summed E-state index contributed by atoms with van der Waals surface area (Å²) in [5.41, 5.74) is 2.19. The van der Waals surface area contributed by atoms with Gasteiger partial charge in [0.2, 0.25) is 5.88 Å². The molecule has 0 unspecified atom stereocenters. The molecule has 0 aliphatic carbocycles. The summed E-state index contributed by atoms with van der Waals surface area (Å²) in [6.45, 7) is 1.74. The minimum absolute atomic E-state index is 0.0550. The Labute approximate surface area is 201 Å². The van der Waals surface area contributed by atoms with E-state index in [0.29, 0.717) is 34.8 Å². The predicted molar refractivity (Wildman–Crippen MR) is 130 cm³/mol. The molecule has 2 aromatic heterocycles. The Balaban J connectivity index is 1.59. The molecule has 10 heteroatoms. The lowest BCUT2D eigenvalue weighted by atomic mass is 10.0. The van der Waals surface area contributed by atoms with E-state index >= 15 is 0 Å². The molecule has 1 aliphatic heterocycles. The molecular formula is C25H23FN4O4S. The average Bonchev–Trinajstić information content (AvgIpc) is 3.35. The molecule has 5 rings (SSSR count). The first-order chi connectivity index (χ1) is 16.7. The van der Waals surface area contributed by atoms with Gasteiger partial charge in [-0.25, -0.2) is 22.5 Å². The highest BCUT2D eigenvalue weighted by atomic mass is 32.2. The van der Waals surface area contributed by atoms with E-state index in [1.54, 1.807) is 54.2 Å². The van der Waals surface area contributed by atoms with Crippen LogP contribution in [0.4, 0.5) is 4.39 Å². The Bertz CT molecular complexity index is 1530. The molecule has 1 amide bonds. The third-order valence-corrected chi connectivity index (χ3v) is 8.06. The van der Waals surface area contributed by atoms with Crippen molar-refractivity contribution in [2.24, 2.45) is 0 Å². The summed E-state index contributed by atoms with van der Waals surface area (Å²) in [5, 5.41) is 8.41. The molecule has 1 atom stereocenters. The fourth-order valence-corrected chi connectivity index (χ4v) is 6.44. The van der Waals surface area contributed by atoms with Crippen molar-refractivity contribution in [2.45, 2.75) is 18.9 Å². The number of methoxy groups -OCH3 is 1. The van der Waals surface area contributed by atoms with Crippen LogP contribution in [0.15, 0.2) is 60.8 Å². The zero-order valence-corrected chi connectivity index (χ0v) is 20.0. The summed E-state index contributed by atoms with van der Waals surface area (Å²) in [6, 6.07) is 14.6. The van der Waals surface area contributed by atoms with Gasteiger partial charge in [0.05, 0.1) is 35.4 Å². The van der Waals surface area contributed by atoms with Crippen LogP contribution in [0.25, 0.3) is 27.8 Å². The maximum atomic E-state index is 13.6. The Morgan fingerprint density at radius 3 is 2.54 bits per heavy atom. The van der Waals surface area contributed by atoms with Crippen LogP contribution in [-0.4, -0.2) is 53.2 Å². The van der Waals surface area contributed by atoms with Crippen LogP contribution in [0.2, 0.25) is 0 Å². The topological polar surface area (TPSA) is 103 Å². The normalized spacial score (nSPS) is 19.1. The van der Waals surface area contributed by atoms with Crippen molar-refractivity contribution in [3.63, 3.8) is 0 Å². The van der Waals surface area contributed by atoms with Crippen molar-refractivity contribution < 1.29 is 22.3 Å². The number of fused-ring (bicyclic) bond motifs is 1. The largest absolute Gasteiger partial charge is 0.481 e. The zero-order chi connectivity index (χ0) is 24.8. The summed E-state index contributed by atoms with van der Waals surface area (Å²) in [6.07, 6.45) is 2.02. The number of hydrogen-bond donors (Lipinski definition) is 1. The van der Waals surface area contributed by atoms with E-state index in [-0.39, 0.29) is 23.2 Å². The van der Waals surface area contributed by atoms with Gasteiger partial charge < -0.3 is 10.1 Å². The first-order valence-electron chi connectivity index (χ1n) is 11.0. The van der Waals surface area contributed by atoms with Gasteiger partial charge in [-0.15, -0.1) is 0 Å². The van der Waals surface area contributed by atoms with Gasteiger partial charge in [-0.3, -0.25) is 4.79 Å². The van der Waals surface area contributed by atoms with E-state index in [9.17, 15) is 17.6 Å². The highest BCUT2D eigenvalue weighted by Crippen LogP contribution is 2.31. The molecule has 1 fully saturated rings. The van der Waals surface area contributed by atoms with Gasteiger partial charge in [0.1, 0.15) is 11.5 Å². The first-order valence-corrected chi connectivity index (χ1v) is 12.8. The second-order valence-corrected chi connectivity index (χ2v) is 11.1. The van der Waals surface area contributed by atoms with Crippen molar-refractivity contribution in [1.29, 1.82) is 0 Å². The number of hydrogen-bond acceptors (Lipinski definition) is 6. The fourth-order valence-electron chi connectivity index (χ4n) is 4.34. The summed E-state index contributed by atoms with van der Waals surface area (Å²) < 4.78 is 44.2. The molecule has 0 saturated carbocycles. The Hall–Kier alpha value is -3.79. The molecule has 2 aromatic carbocycles. The van der Waals surface area contributed by atoms with E-state index in [1.807, 2.05) is 6.07 Å². The molecule has 1 N–H and O–H groups in total. The molecule has 1 saturated heterocycles. The molecule has 0 radical (unpaired) electrons. The number of nitrogens with zero attached hydrogens (tertiary/aromatic N) is 3. The Kier molecular flexibility index (Phi) is 5.55. The third kappa shape index (κ3) is 4.49. The zero-order valence-electron chi connectivity index (χ0n) is 19.2. The summed E-state index contributed by atoms with van der Waals surface area (Å²) >= 11 is 0. The number of sulfone groups is 1. The second kappa shape index (κ2) is 8.46. The van der Waals surface area contributed by atoms with Crippen molar-refractivity contribution in [1.82, 2.24) is 20.1 Å². The summed E-state index contributed by atoms with van der Waals surface area (Å²) in [7, 11) is -1.63. The minimum Gasteiger partial charge on any atom is -0.481 e. The Morgan fingerprint density at radius 2 is 1.91 bits per heavy atom. The van der Waals surface area contributed by atoms with Crippen LogP contribution in [-0.2, 0) is 9.84 Å². The molecule has 0 bridgehead atoms. The number of nitrogens with one attached hydrogen (secondary N) is 1. The number of aromatic nitrogens is 3. The van der Waals surface area contributed by atoms with Gasteiger partial charge >= 0.3 is 0 Å². The van der Waals surface area contributed by atoms with Gasteiger partial charge in [-0.2, -0.15) is 5.10 Å². The van der Waals surface area contributed by atoms with Crippen molar-refractivity contribution in [3.05, 3.63) is 72.2 Å². The molecule has 1 aliphatic rings. The van der Waals surface area contributed by atoms with E-state index in [0.717, 1.165) is 10.9 Å². The van der Waals surface area contributed by atoms with E-state index in [1.165, 1.54) is 19.2 Å². The van der Waals surface area contributed by atoms with Crippen LogP contribution in [0.3, 0.4) is 0 Å². The van der Waals surface area contributed by atoms with Gasteiger partial charge in [0.15, 0.2) is 9.84 Å². The quantitative estimate of drug-likeness (QED) is 0.455. The van der Waals surface area contributed by atoms with E-state index in [4.69, 9.17) is 9.84 Å². The molecule has 8 nitrogen and oxygen atoms in total. The minimum atomic E-state index is -3.17. The number of carbonyl (C=O) groups is 1. The van der Waals surface area contributed by atoms with Gasteiger partial charge in [-0.05, 0) is 61.9 Å². The van der Waals surface area contributed by atoms with Crippen LogP contribution >= 0.6 is 0 Å². The number of rotatable bonds is 5. The van der Waals surface area contributed by atoms with Crippen LogP contribution in [0, 0.1) is 5.82 Å². The average molecular weight is 495 g/mol. The first kappa shape index (κ1) is 23.0. The highest BCUT2D eigenvalue weighted by Gasteiger charge is 2.39. The number of benzene rings is 2. The van der Waals surface area contributed by atoms with Gasteiger partial charge in [0, 0.05) is 28.8 Å². The predicted octanol–water partition coefficient (Wildman–Crippen LogP) is 3.54. The molecule has 35 heavy (non-hydrogen) atoms. The van der Waals surface area contributed by atoms with Gasteiger partial charge in [0.25, 0.3) is 5.91 Å². The molecule has 0 spiro atoms. The summed E-state index contributed by atoms with van der Waals surface area (Å²) in [4.78, 5) is 17.4. The van der Waals surface area contributed by atoms with Crippen LogP contribution < -0.4 is 10.1 Å². The van der Waals surface area contributed by atoms with E-state index < -0.39 is 15.4 Å². The lowest BCUT2D eigenvalue weighted by molar-refractivity contribution is 0.0915.